The van der Waals surface area contributed by atoms with Crippen LogP contribution in [0.15, 0.2) is 42.6 Å². The Morgan fingerprint density at radius 2 is 1.95 bits per heavy atom. The van der Waals surface area contributed by atoms with Gasteiger partial charge in [0.05, 0.1) is 0 Å². The first kappa shape index (κ1) is 14.1. The quantitative estimate of drug-likeness (QED) is 0.851. The maximum Gasteiger partial charge on any atom is 0.355 e. The van der Waals surface area contributed by atoms with Crippen LogP contribution in [0.25, 0.3) is 0 Å². The molecular weight excluding hydrogens is 280 g/mol. The molecule has 2 N–H and O–H groups in total. The molecule has 0 bridgehead atoms. The highest BCUT2D eigenvalue weighted by Gasteiger charge is 2.19. The van der Waals surface area contributed by atoms with Gasteiger partial charge in [-0.3, -0.25) is 4.79 Å². The third kappa shape index (κ3) is 3.61. The van der Waals surface area contributed by atoms with Gasteiger partial charge in [-0.25, -0.2) is 4.79 Å². The molecule has 1 amide bonds. The zero-order valence-corrected chi connectivity index (χ0v) is 11.5. The van der Waals surface area contributed by atoms with Gasteiger partial charge in [0.1, 0.15) is 5.69 Å². The van der Waals surface area contributed by atoms with Crippen molar-refractivity contribution in [2.45, 2.75) is 13.0 Å². The number of H-pyrrole nitrogens is 1. The number of carbonyl (C=O) groups excluding carboxylic acids is 2. The van der Waals surface area contributed by atoms with E-state index in [4.69, 9.17) is 16.3 Å². The van der Waals surface area contributed by atoms with Gasteiger partial charge in [-0.2, -0.15) is 0 Å². The third-order valence-electron chi connectivity index (χ3n) is 2.58. The van der Waals surface area contributed by atoms with Gasteiger partial charge in [-0.15, -0.1) is 0 Å². The van der Waals surface area contributed by atoms with Crippen LogP contribution in [0.3, 0.4) is 0 Å². The molecular formula is C14H13ClN2O3. The van der Waals surface area contributed by atoms with Crippen LogP contribution in [0.1, 0.15) is 17.4 Å². The number of carbonyl (C=O) groups is 2. The molecule has 5 nitrogen and oxygen atoms in total. The Labute approximate surface area is 120 Å². The molecule has 0 radical (unpaired) electrons. The lowest BCUT2D eigenvalue weighted by Gasteiger charge is -2.13. The zero-order valence-electron chi connectivity index (χ0n) is 10.7. The highest BCUT2D eigenvalue weighted by molar-refractivity contribution is 6.30. The number of aromatic amines is 1. The van der Waals surface area contributed by atoms with E-state index >= 15 is 0 Å². The molecule has 0 spiro atoms. The minimum Gasteiger partial charge on any atom is -0.448 e. The second kappa shape index (κ2) is 6.25. The average molecular weight is 293 g/mol. The summed E-state index contributed by atoms with van der Waals surface area (Å²) >= 11 is 5.75. The lowest BCUT2D eigenvalue weighted by molar-refractivity contribution is -0.123. The average Bonchev–Trinajstić information content (AvgIpc) is 2.95. The fourth-order valence-electron chi connectivity index (χ4n) is 1.51. The summed E-state index contributed by atoms with van der Waals surface area (Å²) in [6, 6.07) is 9.90. The molecule has 1 aromatic carbocycles. The summed E-state index contributed by atoms with van der Waals surface area (Å²) in [7, 11) is 0. The van der Waals surface area contributed by atoms with Crippen molar-refractivity contribution < 1.29 is 14.3 Å². The first-order valence-electron chi connectivity index (χ1n) is 5.97. The van der Waals surface area contributed by atoms with E-state index in [-0.39, 0.29) is 0 Å². The van der Waals surface area contributed by atoms with Gasteiger partial charge in [-0.1, -0.05) is 11.6 Å². The molecule has 1 aromatic heterocycles. The minimum atomic E-state index is -0.901. The molecule has 0 unspecified atom stereocenters. The number of aromatic nitrogens is 1. The Kier molecular flexibility index (Phi) is 4.42. The number of hydrogen-bond donors (Lipinski definition) is 2. The smallest absolute Gasteiger partial charge is 0.355 e. The van der Waals surface area contributed by atoms with Crippen LogP contribution in [-0.2, 0) is 9.53 Å². The molecule has 0 fully saturated rings. The second-order valence-corrected chi connectivity index (χ2v) is 4.56. The molecule has 1 heterocycles. The monoisotopic (exact) mass is 292 g/mol. The lowest BCUT2D eigenvalue weighted by atomic mass is 10.3. The molecule has 2 rings (SSSR count). The number of amides is 1. The van der Waals surface area contributed by atoms with E-state index in [1.165, 1.54) is 6.92 Å². The molecule has 0 saturated heterocycles. The highest BCUT2D eigenvalue weighted by Crippen LogP contribution is 2.14. The number of ether oxygens (including phenoxy) is 1. The van der Waals surface area contributed by atoms with Crippen molar-refractivity contribution in [2.75, 3.05) is 5.32 Å². The van der Waals surface area contributed by atoms with E-state index in [9.17, 15) is 9.59 Å². The topological polar surface area (TPSA) is 71.2 Å². The predicted octanol–water partition coefficient (Wildman–Crippen LogP) is 2.85. The van der Waals surface area contributed by atoms with E-state index in [1.807, 2.05) is 0 Å². The SMILES string of the molecule is C[C@H](OC(=O)c1ccc[nH]1)C(=O)Nc1ccc(Cl)cc1. The van der Waals surface area contributed by atoms with Gasteiger partial charge < -0.3 is 15.0 Å². The minimum absolute atomic E-state index is 0.302. The summed E-state index contributed by atoms with van der Waals surface area (Å²) in [5, 5.41) is 3.21. The number of hydrogen-bond acceptors (Lipinski definition) is 3. The fraction of sp³-hybridized carbons (Fsp3) is 0.143. The van der Waals surface area contributed by atoms with E-state index < -0.39 is 18.0 Å². The largest absolute Gasteiger partial charge is 0.448 e. The summed E-state index contributed by atoms with van der Waals surface area (Å²) < 4.78 is 5.04. The van der Waals surface area contributed by atoms with Crippen LogP contribution in [0.5, 0.6) is 0 Å². The molecule has 0 aliphatic rings. The van der Waals surface area contributed by atoms with Gasteiger partial charge in [0, 0.05) is 16.9 Å². The number of benzene rings is 1. The third-order valence-corrected chi connectivity index (χ3v) is 2.83. The Balaban J connectivity index is 1.92. The van der Waals surface area contributed by atoms with Crippen LogP contribution in [0, 0.1) is 0 Å². The summed E-state index contributed by atoms with van der Waals surface area (Å²) in [4.78, 5) is 26.3. The van der Waals surface area contributed by atoms with Crippen LogP contribution in [-0.4, -0.2) is 23.0 Å². The maximum atomic E-state index is 11.9. The van der Waals surface area contributed by atoms with Gasteiger partial charge >= 0.3 is 5.97 Å². The van der Waals surface area contributed by atoms with E-state index in [0.29, 0.717) is 16.4 Å². The molecule has 6 heteroatoms. The molecule has 20 heavy (non-hydrogen) atoms. The Morgan fingerprint density at radius 3 is 2.55 bits per heavy atom. The summed E-state index contributed by atoms with van der Waals surface area (Å²) in [6.45, 7) is 1.51. The fourth-order valence-corrected chi connectivity index (χ4v) is 1.64. The maximum absolute atomic E-state index is 11.9. The Morgan fingerprint density at radius 1 is 1.25 bits per heavy atom. The molecule has 104 valence electrons. The first-order valence-corrected chi connectivity index (χ1v) is 6.35. The predicted molar refractivity (Wildman–Crippen MR) is 75.8 cm³/mol. The van der Waals surface area contributed by atoms with Crippen LogP contribution in [0.2, 0.25) is 5.02 Å². The number of halogens is 1. The van der Waals surface area contributed by atoms with E-state index in [2.05, 4.69) is 10.3 Å². The van der Waals surface area contributed by atoms with Gasteiger partial charge in [0.15, 0.2) is 6.10 Å². The van der Waals surface area contributed by atoms with Crippen molar-refractivity contribution in [3.05, 3.63) is 53.3 Å². The van der Waals surface area contributed by atoms with Crippen LogP contribution in [0.4, 0.5) is 5.69 Å². The molecule has 0 saturated carbocycles. The van der Waals surface area contributed by atoms with Crippen LogP contribution >= 0.6 is 11.6 Å². The normalized spacial score (nSPS) is 11.7. The number of anilines is 1. The van der Waals surface area contributed by atoms with E-state index in [1.54, 1.807) is 42.6 Å². The van der Waals surface area contributed by atoms with Crippen molar-refractivity contribution in [2.24, 2.45) is 0 Å². The molecule has 0 aliphatic carbocycles. The first-order chi connectivity index (χ1) is 9.56. The van der Waals surface area contributed by atoms with Crippen molar-refractivity contribution in [1.82, 2.24) is 4.98 Å². The summed E-state index contributed by atoms with van der Waals surface area (Å²) in [5.41, 5.74) is 0.887. The summed E-state index contributed by atoms with van der Waals surface area (Å²) in [5.74, 6) is -0.985. The van der Waals surface area contributed by atoms with Crippen molar-refractivity contribution in [3.63, 3.8) is 0 Å². The van der Waals surface area contributed by atoms with Crippen molar-refractivity contribution in [1.29, 1.82) is 0 Å². The number of nitrogens with one attached hydrogen (secondary N) is 2. The van der Waals surface area contributed by atoms with Crippen molar-refractivity contribution in [3.8, 4) is 0 Å². The van der Waals surface area contributed by atoms with Gasteiger partial charge in [0.25, 0.3) is 5.91 Å². The van der Waals surface area contributed by atoms with E-state index in [0.717, 1.165) is 0 Å². The molecule has 0 aliphatic heterocycles. The molecule has 2 aromatic rings. The number of esters is 1. The second-order valence-electron chi connectivity index (χ2n) is 4.13. The van der Waals surface area contributed by atoms with Crippen LogP contribution < -0.4 is 5.32 Å². The van der Waals surface area contributed by atoms with Crippen molar-refractivity contribution >= 4 is 29.2 Å². The van der Waals surface area contributed by atoms with Gasteiger partial charge in [0.2, 0.25) is 0 Å². The Hall–Kier alpha value is -2.27. The van der Waals surface area contributed by atoms with Gasteiger partial charge in [-0.05, 0) is 43.3 Å². The molecule has 1 atom stereocenters. The lowest BCUT2D eigenvalue weighted by Crippen LogP contribution is -2.30. The standard InChI is InChI=1S/C14H13ClN2O3/c1-9(20-14(19)12-3-2-8-16-12)13(18)17-11-6-4-10(15)5-7-11/h2-9,16H,1H3,(H,17,18)/t9-/m0/s1. The Bertz CT molecular complexity index is 593. The summed E-state index contributed by atoms with van der Waals surface area (Å²) in [6.07, 6.45) is 0.705. The highest BCUT2D eigenvalue weighted by atomic mass is 35.5. The number of rotatable bonds is 4. The zero-order chi connectivity index (χ0) is 14.5.